The molecular weight excluding hydrogens is 327 g/mol. The number of hydrogen-bond donors (Lipinski definition) is 2. The molecule has 0 fully saturated rings. The number of rotatable bonds is 3. The minimum atomic E-state index is -0.503. The van der Waals surface area contributed by atoms with Crippen LogP contribution in [-0.4, -0.2) is 13.0 Å². The molecule has 104 valence electrons. The van der Waals surface area contributed by atoms with Gasteiger partial charge < -0.3 is 15.8 Å². The van der Waals surface area contributed by atoms with Crippen molar-refractivity contribution in [3.05, 3.63) is 52.3 Å². The normalized spacial score (nSPS) is 10.2. The molecule has 0 saturated carbocycles. The highest BCUT2D eigenvalue weighted by Crippen LogP contribution is 2.25. The summed E-state index contributed by atoms with van der Waals surface area (Å²) in [6.45, 7) is 0. The van der Waals surface area contributed by atoms with E-state index in [2.05, 4.69) is 21.2 Å². The van der Waals surface area contributed by atoms with Gasteiger partial charge in [0.15, 0.2) is 0 Å². The van der Waals surface area contributed by atoms with Crippen LogP contribution >= 0.6 is 15.9 Å². The van der Waals surface area contributed by atoms with Gasteiger partial charge in [0.25, 0.3) is 5.91 Å². The standard InChI is InChI=1S/C14H12BrFN2O2/c1-20-9-3-5-12(17)13(7-9)18-14(19)8-2-4-10(15)11(16)6-8/h2-7H,17H2,1H3,(H,18,19). The zero-order valence-electron chi connectivity index (χ0n) is 10.6. The van der Waals surface area contributed by atoms with Gasteiger partial charge in [0.05, 0.1) is 23.0 Å². The molecule has 0 heterocycles. The number of ether oxygens (including phenoxy) is 1. The molecule has 6 heteroatoms. The average Bonchev–Trinajstić information content (AvgIpc) is 2.44. The molecule has 0 unspecified atom stereocenters. The Balaban J connectivity index is 2.25. The van der Waals surface area contributed by atoms with E-state index >= 15 is 0 Å². The van der Waals surface area contributed by atoms with Gasteiger partial charge in [-0.1, -0.05) is 0 Å². The summed E-state index contributed by atoms with van der Waals surface area (Å²) >= 11 is 3.03. The maximum atomic E-state index is 13.4. The smallest absolute Gasteiger partial charge is 0.255 e. The predicted octanol–water partition coefficient (Wildman–Crippen LogP) is 3.43. The van der Waals surface area contributed by atoms with E-state index in [0.717, 1.165) is 6.07 Å². The van der Waals surface area contributed by atoms with Crippen molar-refractivity contribution >= 4 is 33.2 Å². The number of carbonyl (C=O) groups excluding carboxylic acids is 1. The van der Waals surface area contributed by atoms with Crippen LogP contribution in [0.3, 0.4) is 0 Å². The van der Waals surface area contributed by atoms with Gasteiger partial charge in [0, 0.05) is 11.6 Å². The van der Waals surface area contributed by atoms with Gasteiger partial charge in [-0.05, 0) is 46.3 Å². The number of carbonyl (C=O) groups is 1. The van der Waals surface area contributed by atoms with Crippen molar-refractivity contribution in [2.24, 2.45) is 0 Å². The van der Waals surface area contributed by atoms with Gasteiger partial charge in [0.1, 0.15) is 11.6 Å². The molecule has 20 heavy (non-hydrogen) atoms. The molecule has 0 aliphatic carbocycles. The summed E-state index contributed by atoms with van der Waals surface area (Å²) in [5, 5.41) is 2.62. The Bertz CT molecular complexity index is 662. The van der Waals surface area contributed by atoms with Crippen LogP contribution in [0.25, 0.3) is 0 Å². The number of hydrogen-bond acceptors (Lipinski definition) is 3. The first kappa shape index (κ1) is 14.3. The molecule has 3 N–H and O–H groups in total. The zero-order valence-corrected chi connectivity index (χ0v) is 12.2. The number of amides is 1. The highest BCUT2D eigenvalue weighted by atomic mass is 79.9. The third kappa shape index (κ3) is 3.08. The third-order valence-electron chi connectivity index (χ3n) is 2.69. The van der Waals surface area contributed by atoms with Gasteiger partial charge in [-0.25, -0.2) is 4.39 Å². The summed E-state index contributed by atoms with van der Waals surface area (Å²) in [5.74, 6) is -0.385. The van der Waals surface area contributed by atoms with E-state index < -0.39 is 11.7 Å². The van der Waals surface area contributed by atoms with Crippen LogP contribution in [0.5, 0.6) is 5.75 Å². The molecule has 0 saturated heterocycles. The number of halogens is 2. The Morgan fingerprint density at radius 3 is 2.70 bits per heavy atom. The summed E-state index contributed by atoms with van der Waals surface area (Å²) in [4.78, 5) is 12.0. The third-order valence-corrected chi connectivity index (χ3v) is 3.33. The summed E-state index contributed by atoms with van der Waals surface area (Å²) in [6.07, 6.45) is 0. The number of nitrogens with one attached hydrogen (secondary N) is 1. The lowest BCUT2D eigenvalue weighted by Crippen LogP contribution is -2.13. The Morgan fingerprint density at radius 2 is 2.05 bits per heavy atom. The van der Waals surface area contributed by atoms with Crippen LogP contribution < -0.4 is 15.8 Å². The second-order valence-corrected chi connectivity index (χ2v) is 4.89. The molecule has 1 amide bonds. The number of methoxy groups -OCH3 is 1. The van der Waals surface area contributed by atoms with Crippen molar-refractivity contribution in [3.63, 3.8) is 0 Å². The largest absolute Gasteiger partial charge is 0.497 e. The molecule has 2 aromatic rings. The molecule has 2 aromatic carbocycles. The first-order valence-electron chi connectivity index (χ1n) is 5.71. The first-order chi connectivity index (χ1) is 9.51. The average molecular weight is 339 g/mol. The maximum absolute atomic E-state index is 13.4. The molecular formula is C14H12BrFN2O2. The second kappa shape index (κ2) is 5.92. The predicted molar refractivity (Wildman–Crippen MR) is 79.5 cm³/mol. The zero-order chi connectivity index (χ0) is 14.7. The number of anilines is 2. The fourth-order valence-electron chi connectivity index (χ4n) is 1.60. The van der Waals surface area contributed by atoms with Crippen LogP contribution in [0.4, 0.5) is 15.8 Å². The molecule has 0 bridgehead atoms. The van der Waals surface area contributed by atoms with Gasteiger partial charge in [0.2, 0.25) is 0 Å². The van der Waals surface area contributed by atoms with Crippen molar-refractivity contribution in [2.45, 2.75) is 0 Å². The van der Waals surface area contributed by atoms with Crippen LogP contribution in [0, 0.1) is 5.82 Å². The topological polar surface area (TPSA) is 64.3 Å². The summed E-state index contributed by atoms with van der Waals surface area (Å²) in [6, 6.07) is 9.04. The van der Waals surface area contributed by atoms with Crippen molar-refractivity contribution in [3.8, 4) is 5.75 Å². The highest BCUT2D eigenvalue weighted by Gasteiger charge is 2.11. The fraction of sp³-hybridized carbons (Fsp3) is 0.0714. The van der Waals surface area contributed by atoms with E-state index in [0.29, 0.717) is 21.6 Å². The van der Waals surface area contributed by atoms with E-state index in [1.165, 1.54) is 19.2 Å². The first-order valence-corrected chi connectivity index (χ1v) is 6.50. The monoisotopic (exact) mass is 338 g/mol. The van der Waals surface area contributed by atoms with Crippen molar-refractivity contribution < 1.29 is 13.9 Å². The SMILES string of the molecule is COc1ccc(N)c(NC(=O)c2ccc(Br)c(F)c2)c1. The molecule has 2 rings (SSSR count). The van der Waals surface area contributed by atoms with Gasteiger partial charge in [-0.2, -0.15) is 0 Å². The minimum Gasteiger partial charge on any atom is -0.497 e. The lowest BCUT2D eigenvalue weighted by Gasteiger charge is -2.10. The molecule has 4 nitrogen and oxygen atoms in total. The molecule has 0 aromatic heterocycles. The van der Waals surface area contributed by atoms with Crippen molar-refractivity contribution in [1.29, 1.82) is 0 Å². The van der Waals surface area contributed by atoms with Crippen molar-refractivity contribution in [1.82, 2.24) is 0 Å². The fourth-order valence-corrected chi connectivity index (χ4v) is 1.85. The van der Waals surface area contributed by atoms with E-state index in [4.69, 9.17) is 10.5 Å². The Morgan fingerprint density at radius 1 is 1.30 bits per heavy atom. The van der Waals surface area contributed by atoms with Gasteiger partial charge in [-0.3, -0.25) is 4.79 Å². The second-order valence-electron chi connectivity index (χ2n) is 4.04. The van der Waals surface area contributed by atoms with E-state index in [-0.39, 0.29) is 5.56 Å². The van der Waals surface area contributed by atoms with Crippen LogP contribution in [0.1, 0.15) is 10.4 Å². The van der Waals surface area contributed by atoms with Crippen LogP contribution in [0.15, 0.2) is 40.9 Å². The van der Waals surface area contributed by atoms with Crippen molar-refractivity contribution in [2.75, 3.05) is 18.2 Å². The van der Waals surface area contributed by atoms with Crippen LogP contribution in [-0.2, 0) is 0 Å². The molecule has 0 atom stereocenters. The van der Waals surface area contributed by atoms with Crippen LogP contribution in [0.2, 0.25) is 0 Å². The summed E-state index contributed by atoms with van der Waals surface area (Å²) in [7, 11) is 1.52. The number of nitrogen functional groups attached to an aromatic ring is 1. The lowest BCUT2D eigenvalue weighted by molar-refractivity contribution is 0.102. The van der Waals surface area contributed by atoms with Gasteiger partial charge >= 0.3 is 0 Å². The summed E-state index contributed by atoms with van der Waals surface area (Å²) < 4.78 is 18.8. The van der Waals surface area contributed by atoms with E-state index in [9.17, 15) is 9.18 Å². The molecule has 0 radical (unpaired) electrons. The Hall–Kier alpha value is -2.08. The highest BCUT2D eigenvalue weighted by molar-refractivity contribution is 9.10. The number of benzene rings is 2. The van der Waals surface area contributed by atoms with E-state index in [1.807, 2.05) is 0 Å². The maximum Gasteiger partial charge on any atom is 0.255 e. The molecule has 0 aliphatic heterocycles. The molecule has 0 aliphatic rings. The lowest BCUT2D eigenvalue weighted by atomic mass is 10.2. The quantitative estimate of drug-likeness (QED) is 0.842. The van der Waals surface area contributed by atoms with Gasteiger partial charge in [-0.15, -0.1) is 0 Å². The minimum absolute atomic E-state index is 0.202. The van der Waals surface area contributed by atoms with E-state index in [1.54, 1.807) is 18.2 Å². The summed E-state index contributed by atoms with van der Waals surface area (Å²) in [5.41, 5.74) is 6.79. The Kier molecular flexibility index (Phi) is 4.24. The Labute approximate surface area is 123 Å². The number of nitrogens with two attached hydrogens (primary N) is 1. The molecule has 0 spiro atoms.